The first-order chi connectivity index (χ1) is 20.3. The van der Waals surface area contributed by atoms with Crippen LogP contribution in [-0.4, -0.2) is 81.6 Å². The molecule has 2 aliphatic rings. The van der Waals surface area contributed by atoms with Crippen LogP contribution in [-0.2, 0) is 14.8 Å². The van der Waals surface area contributed by atoms with Crippen molar-refractivity contribution in [2.75, 3.05) is 57.6 Å². The minimum atomic E-state index is -3.32. The average molecular weight is 622 g/mol. The average Bonchev–Trinajstić information content (AvgIpc) is 2.98. The van der Waals surface area contributed by atoms with E-state index >= 15 is 0 Å². The molecule has 1 saturated heterocycles. The number of hydrogen-bond donors (Lipinski definition) is 2. The van der Waals surface area contributed by atoms with E-state index in [0.29, 0.717) is 66.1 Å². The maximum Gasteiger partial charge on any atom is 0.211 e. The van der Waals surface area contributed by atoms with Gasteiger partial charge in [-0.25, -0.2) is 27.5 Å². The van der Waals surface area contributed by atoms with Gasteiger partial charge in [-0.1, -0.05) is 11.6 Å². The molecule has 0 atom stereocenters. The van der Waals surface area contributed by atoms with E-state index in [1.165, 1.54) is 18.5 Å². The molecule has 2 fully saturated rings. The minimum absolute atomic E-state index is 0.00958. The first kappa shape index (κ1) is 30.7. The summed E-state index contributed by atoms with van der Waals surface area (Å²) in [4.78, 5) is 11.0. The van der Waals surface area contributed by atoms with Crippen molar-refractivity contribution in [2.24, 2.45) is 5.92 Å². The predicted molar refractivity (Wildman–Crippen MR) is 161 cm³/mol. The number of hydrogen-bond acceptors (Lipinski definition) is 9. The zero-order valence-electron chi connectivity index (χ0n) is 23.7. The van der Waals surface area contributed by atoms with Gasteiger partial charge in [0.1, 0.15) is 18.0 Å². The molecule has 5 rings (SSSR count). The minimum Gasteiger partial charge on any atom is -0.493 e. The highest BCUT2D eigenvalue weighted by atomic mass is 35.5. The van der Waals surface area contributed by atoms with E-state index in [4.69, 9.17) is 25.8 Å². The van der Waals surface area contributed by atoms with Gasteiger partial charge in [-0.2, -0.15) is 0 Å². The number of benzene rings is 2. The van der Waals surface area contributed by atoms with Crippen molar-refractivity contribution in [3.63, 3.8) is 0 Å². The topological polar surface area (TPSA) is 115 Å². The number of sulfonamides is 1. The van der Waals surface area contributed by atoms with Crippen LogP contribution in [0.25, 0.3) is 10.9 Å². The van der Waals surface area contributed by atoms with Crippen LogP contribution < -0.4 is 19.5 Å². The third-order valence-electron chi connectivity index (χ3n) is 7.76. The summed E-state index contributed by atoms with van der Waals surface area (Å²) >= 11 is 5.94. The molecule has 0 bridgehead atoms. The molecule has 0 amide bonds. The van der Waals surface area contributed by atoms with E-state index in [-0.39, 0.29) is 16.8 Å². The monoisotopic (exact) mass is 621 g/mol. The molecule has 0 unspecified atom stereocenters. The Balaban J connectivity index is 1.15. The lowest BCUT2D eigenvalue weighted by Gasteiger charge is -2.29. The largest absolute Gasteiger partial charge is 0.493 e. The second kappa shape index (κ2) is 14.1. The van der Waals surface area contributed by atoms with Crippen molar-refractivity contribution in [1.82, 2.24) is 19.6 Å². The molecule has 2 N–H and O–H groups in total. The zero-order valence-corrected chi connectivity index (χ0v) is 25.2. The highest BCUT2D eigenvalue weighted by Gasteiger charge is 2.26. The lowest BCUT2D eigenvalue weighted by Crippen LogP contribution is -2.41. The maximum atomic E-state index is 13.6. The van der Waals surface area contributed by atoms with Crippen LogP contribution in [0.2, 0.25) is 5.02 Å². The third kappa shape index (κ3) is 8.19. The molecular formula is C29H37ClFN5O5S. The molecule has 1 aromatic heterocycles. The van der Waals surface area contributed by atoms with Crippen molar-refractivity contribution >= 4 is 44.0 Å². The number of aromatic nitrogens is 2. The van der Waals surface area contributed by atoms with Gasteiger partial charge in [0.05, 0.1) is 43.2 Å². The second-order valence-corrected chi connectivity index (χ2v) is 13.0. The number of anilines is 2. The Bertz CT molecular complexity index is 1470. The summed E-state index contributed by atoms with van der Waals surface area (Å²) in [5.74, 6) is 1.57. The quantitative estimate of drug-likeness (QED) is 0.296. The van der Waals surface area contributed by atoms with E-state index in [2.05, 4.69) is 24.9 Å². The van der Waals surface area contributed by atoms with Crippen molar-refractivity contribution in [1.29, 1.82) is 0 Å². The van der Waals surface area contributed by atoms with Gasteiger partial charge < -0.3 is 19.5 Å². The lowest BCUT2D eigenvalue weighted by molar-refractivity contribution is 0.0381. The molecule has 3 aromatic rings. The Kier molecular flexibility index (Phi) is 10.3. The molecule has 2 aromatic carbocycles. The molecule has 10 nitrogen and oxygen atoms in total. The van der Waals surface area contributed by atoms with E-state index in [0.717, 1.165) is 45.3 Å². The van der Waals surface area contributed by atoms with Gasteiger partial charge in [-0.15, -0.1) is 0 Å². The first-order valence-corrected chi connectivity index (χ1v) is 16.3. The van der Waals surface area contributed by atoms with Gasteiger partial charge in [-0.3, -0.25) is 4.90 Å². The maximum absolute atomic E-state index is 13.6. The van der Waals surface area contributed by atoms with Crippen molar-refractivity contribution in [3.05, 3.63) is 47.5 Å². The molecule has 0 radical (unpaired) electrons. The van der Waals surface area contributed by atoms with Crippen LogP contribution in [0.1, 0.15) is 32.1 Å². The highest BCUT2D eigenvalue weighted by molar-refractivity contribution is 7.89. The van der Waals surface area contributed by atoms with Crippen LogP contribution in [0, 0.1) is 11.7 Å². The van der Waals surface area contributed by atoms with E-state index in [1.54, 1.807) is 19.2 Å². The summed E-state index contributed by atoms with van der Waals surface area (Å²) in [5, 5.41) is 3.89. The number of ether oxygens (including phenoxy) is 3. The van der Waals surface area contributed by atoms with Crippen LogP contribution in [0.3, 0.4) is 0 Å². The summed E-state index contributed by atoms with van der Waals surface area (Å²) in [6, 6.07) is 7.94. The van der Waals surface area contributed by atoms with Gasteiger partial charge in [0.25, 0.3) is 0 Å². The summed E-state index contributed by atoms with van der Waals surface area (Å²) < 4.78 is 59.0. The van der Waals surface area contributed by atoms with Crippen LogP contribution in [0.5, 0.6) is 11.5 Å². The molecule has 0 spiro atoms. The molecular weight excluding hydrogens is 585 g/mol. The SMILES string of the molecule is COc1cc2ncnc(Nc3ccc(F)c(Cl)c3)c2cc1OCC1CCC(NS(=O)(=O)CCCN2CCOCC2)CC1. The number of methoxy groups -OCH3 is 1. The van der Waals surface area contributed by atoms with Gasteiger partial charge in [-0.05, 0) is 68.8 Å². The molecule has 2 heterocycles. The molecule has 13 heteroatoms. The standard InChI is InChI=1S/C29H37ClFN5O5S/c1-39-27-17-26-23(29(33-19-32-26)34-22-7-8-25(31)24(30)15-22)16-28(27)41-18-20-3-5-21(6-4-20)35-42(37,38)14-2-9-36-10-12-40-13-11-36/h7-8,15-17,19-21,35H,2-6,9-14,18H2,1H3,(H,32,33,34). The van der Waals surface area contributed by atoms with Gasteiger partial charge >= 0.3 is 0 Å². The third-order valence-corrected chi connectivity index (χ3v) is 9.57. The normalized spacial score (nSPS) is 20.0. The summed E-state index contributed by atoms with van der Waals surface area (Å²) in [6.45, 7) is 4.41. The van der Waals surface area contributed by atoms with Crippen molar-refractivity contribution < 1.29 is 27.0 Å². The van der Waals surface area contributed by atoms with Gasteiger partial charge in [0, 0.05) is 36.3 Å². The Labute approximate surface area is 251 Å². The first-order valence-electron chi connectivity index (χ1n) is 14.3. The predicted octanol–water partition coefficient (Wildman–Crippen LogP) is 4.75. The summed E-state index contributed by atoms with van der Waals surface area (Å²) in [7, 11) is -1.74. The number of nitrogens with one attached hydrogen (secondary N) is 2. The number of morpholine rings is 1. The van der Waals surface area contributed by atoms with Crippen molar-refractivity contribution in [3.8, 4) is 11.5 Å². The van der Waals surface area contributed by atoms with Crippen LogP contribution >= 0.6 is 11.6 Å². The van der Waals surface area contributed by atoms with Crippen LogP contribution in [0.15, 0.2) is 36.7 Å². The Morgan fingerprint density at radius 3 is 2.62 bits per heavy atom. The van der Waals surface area contributed by atoms with Crippen molar-refractivity contribution in [2.45, 2.75) is 38.1 Å². The van der Waals surface area contributed by atoms with Crippen LogP contribution in [0.4, 0.5) is 15.9 Å². The molecule has 1 aliphatic heterocycles. The summed E-state index contributed by atoms with van der Waals surface area (Å²) in [5.41, 5.74) is 1.24. The van der Waals surface area contributed by atoms with E-state index < -0.39 is 15.8 Å². The molecule has 42 heavy (non-hydrogen) atoms. The molecule has 228 valence electrons. The fourth-order valence-electron chi connectivity index (χ4n) is 5.42. The Hall–Kier alpha value is -2.77. The second-order valence-electron chi connectivity index (χ2n) is 10.8. The summed E-state index contributed by atoms with van der Waals surface area (Å²) in [6.07, 6.45) is 5.32. The lowest BCUT2D eigenvalue weighted by atomic mass is 9.87. The number of rotatable bonds is 12. The van der Waals surface area contributed by atoms with Gasteiger partial charge in [0.2, 0.25) is 10.0 Å². The Morgan fingerprint density at radius 2 is 1.88 bits per heavy atom. The van der Waals surface area contributed by atoms with Gasteiger partial charge in [0.15, 0.2) is 11.5 Å². The number of halogens is 2. The number of nitrogens with zero attached hydrogens (tertiary/aromatic N) is 3. The fraction of sp³-hybridized carbons (Fsp3) is 0.517. The fourth-order valence-corrected chi connectivity index (χ4v) is 6.97. The Morgan fingerprint density at radius 1 is 1.10 bits per heavy atom. The zero-order chi connectivity index (χ0) is 29.5. The highest BCUT2D eigenvalue weighted by Crippen LogP contribution is 2.36. The number of fused-ring (bicyclic) bond motifs is 1. The molecule has 1 saturated carbocycles. The smallest absolute Gasteiger partial charge is 0.211 e. The van der Waals surface area contributed by atoms with E-state index in [9.17, 15) is 12.8 Å². The molecule has 1 aliphatic carbocycles. The van der Waals surface area contributed by atoms with E-state index in [1.807, 2.05) is 6.07 Å².